The molecule has 8 nitrogen and oxygen atoms in total. The highest BCUT2D eigenvalue weighted by atomic mass is 16.4. The van der Waals surface area contributed by atoms with Gasteiger partial charge in [-0.15, -0.1) is 0 Å². The Kier molecular flexibility index (Phi) is 5.24. The number of carboxylic acids is 1. The van der Waals surface area contributed by atoms with E-state index in [9.17, 15) is 4.79 Å². The zero-order valence-corrected chi connectivity index (χ0v) is 16.1. The van der Waals surface area contributed by atoms with Gasteiger partial charge in [-0.1, -0.05) is 6.07 Å². The average molecular weight is 390 g/mol. The van der Waals surface area contributed by atoms with Gasteiger partial charge in [-0.3, -0.25) is 0 Å². The van der Waals surface area contributed by atoms with Gasteiger partial charge in [0.2, 0.25) is 0 Å². The molecule has 0 unspecified atom stereocenters. The van der Waals surface area contributed by atoms with Crippen LogP contribution in [-0.2, 0) is 0 Å². The Morgan fingerprint density at radius 1 is 0.966 bits per heavy atom. The maximum atomic E-state index is 11.0. The molecule has 2 N–H and O–H groups in total. The Morgan fingerprint density at radius 3 is 2.28 bits per heavy atom. The van der Waals surface area contributed by atoms with E-state index in [1.165, 1.54) is 0 Å². The molecule has 4 rings (SSSR count). The molecule has 0 spiro atoms. The highest BCUT2D eigenvalue weighted by Crippen LogP contribution is 2.22. The van der Waals surface area contributed by atoms with Crippen LogP contribution in [-0.4, -0.2) is 52.2 Å². The first kappa shape index (κ1) is 18.7. The van der Waals surface area contributed by atoms with Crippen molar-refractivity contribution in [2.75, 3.05) is 41.3 Å². The van der Waals surface area contributed by atoms with Crippen molar-refractivity contribution in [2.45, 2.75) is 6.92 Å². The predicted octanol–water partition coefficient (Wildman–Crippen LogP) is 2.95. The van der Waals surface area contributed by atoms with E-state index in [0.29, 0.717) is 11.6 Å². The first-order valence-electron chi connectivity index (χ1n) is 9.45. The number of carboxylic acid groups (broad SMARTS) is 1. The summed E-state index contributed by atoms with van der Waals surface area (Å²) in [6.45, 7) is 5.31. The van der Waals surface area contributed by atoms with Gasteiger partial charge in [0.15, 0.2) is 0 Å². The molecule has 0 radical (unpaired) electrons. The van der Waals surface area contributed by atoms with Crippen LogP contribution in [0.15, 0.2) is 54.7 Å². The molecular weight excluding hydrogens is 368 g/mol. The number of aromatic nitrogens is 3. The fourth-order valence-electron chi connectivity index (χ4n) is 3.33. The molecule has 148 valence electrons. The van der Waals surface area contributed by atoms with E-state index in [4.69, 9.17) is 5.11 Å². The topological polar surface area (TPSA) is 94.5 Å². The third kappa shape index (κ3) is 4.43. The van der Waals surface area contributed by atoms with E-state index in [0.717, 1.165) is 43.5 Å². The minimum absolute atomic E-state index is 0.251. The fraction of sp³-hybridized carbons (Fsp3) is 0.238. The summed E-state index contributed by atoms with van der Waals surface area (Å²) < 4.78 is 0. The van der Waals surface area contributed by atoms with E-state index in [2.05, 4.69) is 30.1 Å². The molecule has 1 aromatic carbocycles. The highest BCUT2D eigenvalue weighted by Gasteiger charge is 2.20. The van der Waals surface area contributed by atoms with Crippen molar-refractivity contribution in [3.05, 3.63) is 66.1 Å². The molecule has 0 aliphatic carbocycles. The zero-order valence-electron chi connectivity index (χ0n) is 16.1. The molecule has 2 aromatic heterocycles. The van der Waals surface area contributed by atoms with Crippen LogP contribution in [0, 0.1) is 6.92 Å². The van der Waals surface area contributed by atoms with E-state index >= 15 is 0 Å². The molecule has 0 saturated carbocycles. The van der Waals surface area contributed by atoms with Gasteiger partial charge in [-0.2, -0.15) is 0 Å². The number of hydrogen-bond donors (Lipinski definition) is 2. The molecule has 0 amide bonds. The van der Waals surface area contributed by atoms with Gasteiger partial charge in [0.05, 0.1) is 5.56 Å². The number of benzene rings is 1. The normalized spacial score (nSPS) is 14.0. The third-order valence-electron chi connectivity index (χ3n) is 4.81. The van der Waals surface area contributed by atoms with Gasteiger partial charge in [0.25, 0.3) is 0 Å². The van der Waals surface area contributed by atoms with Crippen molar-refractivity contribution in [3.63, 3.8) is 0 Å². The predicted molar refractivity (Wildman–Crippen MR) is 112 cm³/mol. The number of carbonyl (C=O) groups is 1. The van der Waals surface area contributed by atoms with Crippen LogP contribution in [0.2, 0.25) is 0 Å². The monoisotopic (exact) mass is 390 g/mol. The lowest BCUT2D eigenvalue weighted by Crippen LogP contribution is -2.47. The first-order valence-corrected chi connectivity index (χ1v) is 9.45. The maximum absolute atomic E-state index is 11.0. The standard InChI is InChI=1S/C21H22N6O2/c1-15-23-18(25-17-7-5-16(6-8-17)21(28)29)14-20(24-15)27-12-10-26(11-13-27)19-4-2-3-9-22-19/h2-9,14H,10-13H2,1H3,(H,28,29)(H,23,24,25). The average Bonchev–Trinajstić information content (AvgIpc) is 2.74. The minimum Gasteiger partial charge on any atom is -0.478 e. The Morgan fingerprint density at radius 2 is 1.66 bits per heavy atom. The fourth-order valence-corrected chi connectivity index (χ4v) is 3.33. The van der Waals surface area contributed by atoms with Gasteiger partial charge >= 0.3 is 5.97 Å². The van der Waals surface area contributed by atoms with Crippen LogP contribution in [0.1, 0.15) is 16.2 Å². The lowest BCUT2D eigenvalue weighted by Gasteiger charge is -2.36. The number of pyridine rings is 1. The van der Waals surface area contributed by atoms with Crippen molar-refractivity contribution in [3.8, 4) is 0 Å². The SMILES string of the molecule is Cc1nc(Nc2ccc(C(=O)O)cc2)cc(N2CCN(c3ccccn3)CC2)n1. The molecule has 1 saturated heterocycles. The summed E-state index contributed by atoms with van der Waals surface area (Å²) in [6.07, 6.45) is 1.82. The van der Waals surface area contributed by atoms with Crippen LogP contribution in [0.25, 0.3) is 0 Å². The number of nitrogens with one attached hydrogen (secondary N) is 1. The van der Waals surface area contributed by atoms with Crippen molar-refractivity contribution in [1.82, 2.24) is 15.0 Å². The van der Waals surface area contributed by atoms with Gasteiger partial charge < -0.3 is 20.2 Å². The lowest BCUT2D eigenvalue weighted by atomic mass is 10.2. The second kappa shape index (κ2) is 8.14. The molecular formula is C21H22N6O2. The Bertz CT molecular complexity index is 986. The molecule has 1 fully saturated rings. The Hall–Kier alpha value is -3.68. The van der Waals surface area contributed by atoms with E-state index in [1.54, 1.807) is 24.3 Å². The lowest BCUT2D eigenvalue weighted by molar-refractivity contribution is 0.0697. The van der Waals surface area contributed by atoms with Gasteiger partial charge in [-0.25, -0.2) is 19.7 Å². The first-order chi connectivity index (χ1) is 14.1. The smallest absolute Gasteiger partial charge is 0.335 e. The number of piperazine rings is 1. The molecule has 3 aromatic rings. The van der Waals surface area contributed by atoms with Crippen LogP contribution >= 0.6 is 0 Å². The molecule has 8 heteroatoms. The van der Waals surface area contributed by atoms with Crippen molar-refractivity contribution < 1.29 is 9.90 Å². The molecule has 3 heterocycles. The van der Waals surface area contributed by atoms with Gasteiger partial charge in [-0.05, 0) is 43.3 Å². The second-order valence-electron chi connectivity index (χ2n) is 6.83. The highest BCUT2D eigenvalue weighted by molar-refractivity contribution is 5.88. The molecule has 1 aliphatic heterocycles. The van der Waals surface area contributed by atoms with Crippen LogP contribution in [0.5, 0.6) is 0 Å². The number of rotatable bonds is 5. The van der Waals surface area contributed by atoms with E-state index in [-0.39, 0.29) is 5.56 Å². The molecule has 0 atom stereocenters. The van der Waals surface area contributed by atoms with Crippen molar-refractivity contribution in [2.24, 2.45) is 0 Å². The van der Waals surface area contributed by atoms with Crippen molar-refractivity contribution in [1.29, 1.82) is 0 Å². The maximum Gasteiger partial charge on any atom is 0.335 e. The molecule has 0 bridgehead atoms. The largest absolute Gasteiger partial charge is 0.478 e. The molecule has 1 aliphatic rings. The number of anilines is 4. The number of aryl methyl sites for hydroxylation is 1. The zero-order chi connectivity index (χ0) is 20.2. The number of aromatic carboxylic acids is 1. The van der Waals surface area contributed by atoms with Crippen LogP contribution in [0.4, 0.5) is 23.1 Å². The molecule has 29 heavy (non-hydrogen) atoms. The summed E-state index contributed by atoms with van der Waals surface area (Å²) in [5.41, 5.74) is 1.03. The van der Waals surface area contributed by atoms with Crippen LogP contribution < -0.4 is 15.1 Å². The van der Waals surface area contributed by atoms with E-state index in [1.807, 2.05) is 37.4 Å². The van der Waals surface area contributed by atoms with Crippen LogP contribution in [0.3, 0.4) is 0 Å². The summed E-state index contributed by atoms with van der Waals surface area (Å²) in [6, 6.07) is 14.5. The Labute approximate surface area is 168 Å². The van der Waals surface area contributed by atoms with Crippen molar-refractivity contribution >= 4 is 29.1 Å². The third-order valence-corrected chi connectivity index (χ3v) is 4.81. The number of hydrogen-bond acceptors (Lipinski definition) is 7. The second-order valence-corrected chi connectivity index (χ2v) is 6.83. The summed E-state index contributed by atoms with van der Waals surface area (Å²) in [5.74, 6) is 2.30. The summed E-state index contributed by atoms with van der Waals surface area (Å²) in [5, 5.41) is 12.3. The quantitative estimate of drug-likeness (QED) is 0.687. The number of nitrogens with zero attached hydrogens (tertiary/aromatic N) is 5. The Balaban J connectivity index is 1.45. The minimum atomic E-state index is -0.943. The summed E-state index contributed by atoms with van der Waals surface area (Å²) in [7, 11) is 0. The van der Waals surface area contributed by atoms with Gasteiger partial charge in [0, 0.05) is 44.1 Å². The van der Waals surface area contributed by atoms with Gasteiger partial charge in [0.1, 0.15) is 23.3 Å². The summed E-state index contributed by atoms with van der Waals surface area (Å²) >= 11 is 0. The van der Waals surface area contributed by atoms with E-state index < -0.39 is 5.97 Å². The summed E-state index contributed by atoms with van der Waals surface area (Å²) in [4.78, 5) is 29.0.